The van der Waals surface area contributed by atoms with Gasteiger partial charge in [-0.3, -0.25) is 0 Å². The van der Waals surface area contributed by atoms with Crippen LogP contribution in [-0.2, 0) is 0 Å². The van der Waals surface area contributed by atoms with Crippen molar-refractivity contribution in [2.45, 2.75) is 34.6 Å². The van der Waals surface area contributed by atoms with Gasteiger partial charge in [0.2, 0.25) is 0 Å². The van der Waals surface area contributed by atoms with Gasteiger partial charge in [-0.15, -0.1) is 0 Å². The molecule has 0 N–H and O–H groups in total. The molecule has 0 radical (unpaired) electrons. The summed E-state index contributed by atoms with van der Waals surface area (Å²) in [6.07, 6.45) is 0. The Hall–Kier alpha value is -1.63. The van der Waals surface area contributed by atoms with Crippen LogP contribution in [0.25, 0.3) is 11.1 Å². The van der Waals surface area contributed by atoms with Gasteiger partial charge in [-0.05, 0) is 79.6 Å². The van der Waals surface area contributed by atoms with E-state index in [1.807, 2.05) is 19.9 Å². The summed E-state index contributed by atoms with van der Waals surface area (Å²) in [5.74, 6) is -0.127. The summed E-state index contributed by atoms with van der Waals surface area (Å²) in [5.41, 5.74) is 8.01. The molecule has 2 aromatic rings. The van der Waals surface area contributed by atoms with Gasteiger partial charge < -0.3 is 0 Å². The van der Waals surface area contributed by atoms with Crippen LogP contribution in [0.15, 0.2) is 24.3 Å². The first-order chi connectivity index (χ1) is 8.43. The molecule has 0 aromatic heterocycles. The largest absolute Gasteiger partial charge is 0.207 e. The lowest BCUT2D eigenvalue weighted by Crippen LogP contribution is -1.95. The van der Waals surface area contributed by atoms with Gasteiger partial charge in [0, 0.05) is 0 Å². The van der Waals surface area contributed by atoms with Crippen LogP contribution < -0.4 is 0 Å². The molecule has 0 atom stereocenters. The quantitative estimate of drug-likeness (QED) is 0.657. The minimum atomic E-state index is -0.127. The van der Waals surface area contributed by atoms with E-state index >= 15 is 0 Å². The molecule has 0 aliphatic heterocycles. The number of benzene rings is 2. The van der Waals surface area contributed by atoms with Gasteiger partial charge in [0.05, 0.1) is 0 Å². The molecule has 0 amide bonds. The maximum Gasteiger partial charge on any atom is 0.126 e. The number of hydrogen-bond donors (Lipinski definition) is 0. The Labute approximate surface area is 108 Å². The Balaban J connectivity index is 2.71. The number of aryl methyl sites for hydroxylation is 1. The third-order valence-electron chi connectivity index (χ3n) is 4.07. The molecule has 0 nitrogen and oxygen atoms in total. The molecule has 2 rings (SSSR count). The van der Waals surface area contributed by atoms with Crippen LogP contribution in [0.2, 0.25) is 0 Å². The van der Waals surface area contributed by atoms with E-state index in [2.05, 4.69) is 32.9 Å². The van der Waals surface area contributed by atoms with Gasteiger partial charge in [0.1, 0.15) is 5.82 Å². The molecular formula is C17H19F. The van der Waals surface area contributed by atoms with Crippen LogP contribution in [0.3, 0.4) is 0 Å². The summed E-state index contributed by atoms with van der Waals surface area (Å²) in [4.78, 5) is 0. The minimum Gasteiger partial charge on any atom is -0.207 e. The Morgan fingerprint density at radius 2 is 1.11 bits per heavy atom. The first-order valence-electron chi connectivity index (χ1n) is 6.26. The van der Waals surface area contributed by atoms with Crippen molar-refractivity contribution in [1.82, 2.24) is 0 Å². The molecule has 1 heteroatoms. The third-order valence-corrected chi connectivity index (χ3v) is 4.07. The van der Waals surface area contributed by atoms with Crippen LogP contribution in [0.5, 0.6) is 0 Å². The molecule has 0 saturated heterocycles. The summed E-state index contributed by atoms with van der Waals surface area (Å²) >= 11 is 0. The average molecular weight is 242 g/mol. The van der Waals surface area contributed by atoms with E-state index in [9.17, 15) is 4.39 Å². The Morgan fingerprint density at radius 1 is 0.611 bits per heavy atom. The second-order valence-corrected chi connectivity index (χ2v) is 5.02. The van der Waals surface area contributed by atoms with Crippen molar-refractivity contribution in [3.8, 4) is 11.1 Å². The van der Waals surface area contributed by atoms with Gasteiger partial charge in [0.25, 0.3) is 0 Å². The van der Waals surface area contributed by atoms with Crippen LogP contribution in [0.1, 0.15) is 27.8 Å². The highest BCUT2D eigenvalue weighted by Crippen LogP contribution is 2.31. The van der Waals surface area contributed by atoms with Crippen LogP contribution >= 0.6 is 0 Å². The van der Waals surface area contributed by atoms with Crippen LogP contribution in [0.4, 0.5) is 4.39 Å². The van der Waals surface area contributed by atoms with E-state index in [0.717, 1.165) is 16.7 Å². The molecule has 2 aromatic carbocycles. The molecule has 0 heterocycles. The standard InChI is InChI=1S/C17H19F/c1-10-6-7-15(12(3)11(10)2)16-8-9-17(18)14(5)13(16)4/h6-9H,1-5H3. The van der Waals surface area contributed by atoms with E-state index in [4.69, 9.17) is 0 Å². The van der Waals surface area contributed by atoms with E-state index < -0.39 is 0 Å². The summed E-state index contributed by atoms with van der Waals surface area (Å²) in [7, 11) is 0. The smallest absolute Gasteiger partial charge is 0.126 e. The lowest BCUT2D eigenvalue weighted by atomic mass is 9.90. The fourth-order valence-electron chi connectivity index (χ4n) is 2.33. The zero-order valence-electron chi connectivity index (χ0n) is 11.7. The normalized spacial score (nSPS) is 10.8. The van der Waals surface area contributed by atoms with E-state index in [0.29, 0.717) is 0 Å². The minimum absolute atomic E-state index is 0.127. The predicted octanol–water partition coefficient (Wildman–Crippen LogP) is 5.03. The molecular weight excluding hydrogens is 223 g/mol. The highest BCUT2D eigenvalue weighted by atomic mass is 19.1. The molecule has 0 saturated carbocycles. The second kappa shape index (κ2) is 4.56. The highest BCUT2D eigenvalue weighted by Gasteiger charge is 2.11. The fourth-order valence-corrected chi connectivity index (χ4v) is 2.33. The van der Waals surface area contributed by atoms with Crippen LogP contribution in [0, 0.1) is 40.4 Å². The van der Waals surface area contributed by atoms with E-state index in [-0.39, 0.29) is 5.82 Å². The SMILES string of the molecule is Cc1ccc(-c2ccc(F)c(C)c2C)c(C)c1C. The van der Waals surface area contributed by atoms with Crippen molar-refractivity contribution in [3.63, 3.8) is 0 Å². The van der Waals surface area contributed by atoms with Crippen molar-refractivity contribution in [1.29, 1.82) is 0 Å². The van der Waals surface area contributed by atoms with E-state index in [1.165, 1.54) is 22.3 Å². The van der Waals surface area contributed by atoms with Gasteiger partial charge in [-0.1, -0.05) is 18.2 Å². The molecule has 0 aliphatic carbocycles. The van der Waals surface area contributed by atoms with Crippen molar-refractivity contribution >= 4 is 0 Å². The third kappa shape index (κ3) is 1.94. The lowest BCUT2D eigenvalue weighted by molar-refractivity contribution is 0.617. The molecule has 18 heavy (non-hydrogen) atoms. The highest BCUT2D eigenvalue weighted by molar-refractivity contribution is 5.73. The fraction of sp³-hybridized carbons (Fsp3) is 0.294. The topological polar surface area (TPSA) is 0 Å². The Morgan fingerprint density at radius 3 is 1.72 bits per heavy atom. The molecule has 0 fully saturated rings. The Bertz CT molecular complexity index is 554. The van der Waals surface area contributed by atoms with Crippen molar-refractivity contribution < 1.29 is 4.39 Å². The number of halogens is 1. The lowest BCUT2D eigenvalue weighted by Gasteiger charge is -2.15. The molecule has 0 unspecified atom stereocenters. The first kappa shape index (κ1) is 12.8. The number of rotatable bonds is 1. The maximum absolute atomic E-state index is 13.5. The van der Waals surface area contributed by atoms with Gasteiger partial charge in [-0.2, -0.15) is 0 Å². The molecule has 94 valence electrons. The zero-order valence-corrected chi connectivity index (χ0v) is 11.7. The first-order valence-corrected chi connectivity index (χ1v) is 6.26. The average Bonchev–Trinajstić information content (AvgIpc) is 2.35. The monoisotopic (exact) mass is 242 g/mol. The summed E-state index contributed by atoms with van der Waals surface area (Å²) in [6, 6.07) is 7.72. The van der Waals surface area contributed by atoms with Crippen molar-refractivity contribution in [2.75, 3.05) is 0 Å². The molecule has 0 bridgehead atoms. The molecule has 0 spiro atoms. The summed E-state index contributed by atoms with van der Waals surface area (Å²) in [6.45, 7) is 10.2. The predicted molar refractivity (Wildman–Crippen MR) is 75.5 cm³/mol. The second-order valence-electron chi connectivity index (χ2n) is 5.02. The zero-order chi connectivity index (χ0) is 13.4. The van der Waals surface area contributed by atoms with Gasteiger partial charge >= 0.3 is 0 Å². The van der Waals surface area contributed by atoms with Crippen LogP contribution in [-0.4, -0.2) is 0 Å². The summed E-state index contributed by atoms with van der Waals surface area (Å²) in [5, 5.41) is 0. The molecule has 0 aliphatic rings. The number of hydrogen-bond acceptors (Lipinski definition) is 0. The van der Waals surface area contributed by atoms with Crippen molar-refractivity contribution in [2.24, 2.45) is 0 Å². The Kier molecular flexibility index (Phi) is 3.25. The van der Waals surface area contributed by atoms with E-state index in [1.54, 1.807) is 6.07 Å². The van der Waals surface area contributed by atoms with Gasteiger partial charge in [-0.25, -0.2) is 4.39 Å². The van der Waals surface area contributed by atoms with Gasteiger partial charge in [0.15, 0.2) is 0 Å². The maximum atomic E-state index is 13.5. The summed E-state index contributed by atoms with van der Waals surface area (Å²) < 4.78 is 13.5. The van der Waals surface area contributed by atoms with Crippen molar-refractivity contribution in [3.05, 3.63) is 57.9 Å².